The molecule has 1 aromatic carbocycles. The van der Waals surface area contributed by atoms with Gasteiger partial charge in [0.25, 0.3) is 0 Å². The van der Waals surface area contributed by atoms with E-state index in [-0.39, 0.29) is 18.1 Å². The van der Waals surface area contributed by atoms with Gasteiger partial charge >= 0.3 is 6.03 Å². The van der Waals surface area contributed by atoms with Crippen LogP contribution in [0.2, 0.25) is 0 Å². The van der Waals surface area contributed by atoms with E-state index >= 15 is 0 Å². The van der Waals surface area contributed by atoms with Crippen LogP contribution in [0.15, 0.2) is 30.3 Å². The van der Waals surface area contributed by atoms with Crippen molar-refractivity contribution in [2.75, 3.05) is 32.8 Å². The van der Waals surface area contributed by atoms with Crippen molar-refractivity contribution >= 4 is 6.03 Å². The quantitative estimate of drug-likeness (QED) is 0.889. The van der Waals surface area contributed by atoms with E-state index in [0.717, 1.165) is 25.1 Å². The Morgan fingerprint density at radius 2 is 2.08 bits per heavy atom. The van der Waals surface area contributed by atoms with Crippen LogP contribution in [-0.2, 0) is 9.47 Å². The summed E-state index contributed by atoms with van der Waals surface area (Å²) in [6.07, 6.45) is 1.90. The third-order valence-electron chi connectivity index (χ3n) is 4.93. The number of amides is 2. The van der Waals surface area contributed by atoms with Crippen molar-refractivity contribution in [3.63, 3.8) is 0 Å². The monoisotopic (exact) mass is 348 g/mol. The molecule has 0 aromatic heterocycles. The fraction of sp³-hybridized carbons (Fsp3) is 0.632. The normalized spacial score (nSPS) is 23.9. The van der Waals surface area contributed by atoms with Gasteiger partial charge in [0, 0.05) is 19.0 Å². The number of urea groups is 1. The van der Waals surface area contributed by atoms with Gasteiger partial charge in [0.1, 0.15) is 11.9 Å². The van der Waals surface area contributed by atoms with Gasteiger partial charge in [-0.1, -0.05) is 18.2 Å². The van der Waals surface area contributed by atoms with Crippen molar-refractivity contribution in [3.8, 4) is 5.75 Å². The molecule has 0 aliphatic carbocycles. The Labute approximate surface area is 149 Å². The molecular formula is C19H28N2O4. The van der Waals surface area contributed by atoms with E-state index < -0.39 is 5.79 Å². The second-order valence-corrected chi connectivity index (χ2v) is 6.93. The Balaban J connectivity index is 1.46. The molecule has 0 saturated carbocycles. The summed E-state index contributed by atoms with van der Waals surface area (Å²) in [5.74, 6) is 0.473. The van der Waals surface area contributed by atoms with E-state index in [1.54, 1.807) is 0 Å². The fourth-order valence-electron chi connectivity index (χ4n) is 3.47. The largest absolute Gasteiger partial charge is 0.489 e. The van der Waals surface area contributed by atoms with E-state index in [2.05, 4.69) is 5.32 Å². The predicted octanol–water partition coefficient (Wildman–Crippen LogP) is 2.64. The van der Waals surface area contributed by atoms with Crippen molar-refractivity contribution in [1.29, 1.82) is 0 Å². The average molecular weight is 348 g/mol. The van der Waals surface area contributed by atoms with Crippen molar-refractivity contribution in [1.82, 2.24) is 10.2 Å². The summed E-state index contributed by atoms with van der Waals surface area (Å²) in [5, 5.41) is 2.98. The summed E-state index contributed by atoms with van der Waals surface area (Å²) < 4.78 is 17.3. The first-order valence-electron chi connectivity index (χ1n) is 9.09. The number of rotatable bonds is 5. The van der Waals surface area contributed by atoms with E-state index in [9.17, 15) is 4.79 Å². The van der Waals surface area contributed by atoms with E-state index in [1.165, 1.54) is 0 Å². The molecule has 2 saturated heterocycles. The summed E-state index contributed by atoms with van der Waals surface area (Å²) in [7, 11) is 0. The summed E-state index contributed by atoms with van der Waals surface area (Å²) in [4.78, 5) is 14.4. The van der Waals surface area contributed by atoms with E-state index in [0.29, 0.717) is 26.3 Å². The molecule has 138 valence electrons. The van der Waals surface area contributed by atoms with Gasteiger partial charge in [-0.25, -0.2) is 4.79 Å². The van der Waals surface area contributed by atoms with Gasteiger partial charge in [-0.15, -0.1) is 0 Å². The second-order valence-electron chi connectivity index (χ2n) is 6.93. The number of hydrogen-bond acceptors (Lipinski definition) is 4. The van der Waals surface area contributed by atoms with Crippen LogP contribution in [0, 0.1) is 5.92 Å². The van der Waals surface area contributed by atoms with Crippen molar-refractivity contribution in [3.05, 3.63) is 30.3 Å². The standard InChI is InChI=1S/C19H28N2O4/c1-15(25-17-8-4-3-5-9-17)13-20-18(22)21-10-6-7-16(14-21)19(2)23-11-12-24-19/h3-5,8-9,15-16H,6-7,10-14H2,1-2H3,(H,20,22)/t15-,16-/m0/s1. The molecule has 0 unspecified atom stereocenters. The molecule has 6 nitrogen and oxygen atoms in total. The Hall–Kier alpha value is -1.79. The minimum absolute atomic E-state index is 0.0465. The van der Waals surface area contributed by atoms with E-state index in [1.807, 2.05) is 49.1 Å². The topological polar surface area (TPSA) is 60.0 Å². The maximum atomic E-state index is 12.5. The van der Waals surface area contributed by atoms with E-state index in [4.69, 9.17) is 14.2 Å². The zero-order valence-electron chi connectivity index (χ0n) is 15.1. The first kappa shape index (κ1) is 18.0. The lowest BCUT2D eigenvalue weighted by molar-refractivity contribution is -0.189. The second kappa shape index (κ2) is 8.06. The number of benzene rings is 1. The molecule has 3 rings (SSSR count). The predicted molar refractivity (Wildman–Crippen MR) is 94.5 cm³/mol. The van der Waals surface area contributed by atoms with Crippen LogP contribution in [-0.4, -0.2) is 55.7 Å². The molecule has 0 radical (unpaired) electrons. The SMILES string of the molecule is C[C@@H](CNC(=O)N1CCC[C@H](C2(C)OCCO2)C1)Oc1ccccc1. The molecule has 2 heterocycles. The highest BCUT2D eigenvalue weighted by Gasteiger charge is 2.42. The summed E-state index contributed by atoms with van der Waals surface area (Å²) >= 11 is 0. The van der Waals surface area contributed by atoms with Crippen LogP contribution < -0.4 is 10.1 Å². The van der Waals surface area contributed by atoms with Crippen LogP contribution in [0.25, 0.3) is 0 Å². The number of likely N-dealkylation sites (tertiary alicyclic amines) is 1. The number of piperidine rings is 1. The van der Waals surface area contributed by atoms with Gasteiger partial charge in [-0.2, -0.15) is 0 Å². The van der Waals surface area contributed by atoms with Gasteiger partial charge < -0.3 is 24.4 Å². The first-order valence-corrected chi connectivity index (χ1v) is 9.09. The van der Waals surface area contributed by atoms with Crippen molar-refractivity contribution in [2.24, 2.45) is 5.92 Å². The molecule has 2 atom stereocenters. The van der Waals surface area contributed by atoms with Gasteiger partial charge in [0.2, 0.25) is 0 Å². The van der Waals surface area contributed by atoms with Gasteiger partial charge in [0.05, 0.1) is 19.8 Å². The molecular weight excluding hydrogens is 320 g/mol. The summed E-state index contributed by atoms with van der Waals surface area (Å²) in [6, 6.07) is 9.59. The molecule has 0 spiro atoms. The van der Waals surface area contributed by atoms with Gasteiger partial charge in [0.15, 0.2) is 5.79 Å². The van der Waals surface area contributed by atoms with Crippen LogP contribution in [0.4, 0.5) is 4.79 Å². The highest BCUT2D eigenvalue weighted by Crippen LogP contribution is 2.34. The zero-order chi connectivity index (χ0) is 17.7. The number of carbonyl (C=O) groups excluding carboxylic acids is 1. The van der Waals surface area contributed by atoms with Gasteiger partial charge in [-0.3, -0.25) is 0 Å². The molecule has 2 aliphatic rings. The van der Waals surface area contributed by atoms with Crippen LogP contribution >= 0.6 is 0 Å². The number of nitrogens with one attached hydrogen (secondary N) is 1. The molecule has 6 heteroatoms. The van der Waals surface area contributed by atoms with Crippen molar-refractivity contribution < 1.29 is 19.0 Å². The Morgan fingerprint density at radius 1 is 1.36 bits per heavy atom. The third-order valence-corrected chi connectivity index (χ3v) is 4.93. The smallest absolute Gasteiger partial charge is 0.317 e. The lowest BCUT2D eigenvalue weighted by atomic mass is 9.90. The third kappa shape index (κ3) is 4.64. The minimum Gasteiger partial charge on any atom is -0.489 e. The Bertz CT molecular complexity index is 560. The Morgan fingerprint density at radius 3 is 2.80 bits per heavy atom. The number of nitrogens with zero attached hydrogens (tertiary/aromatic N) is 1. The maximum Gasteiger partial charge on any atom is 0.317 e. The molecule has 2 fully saturated rings. The van der Waals surface area contributed by atoms with Crippen molar-refractivity contribution in [2.45, 2.75) is 38.6 Å². The number of ether oxygens (including phenoxy) is 3. The highest BCUT2D eigenvalue weighted by molar-refractivity contribution is 5.74. The highest BCUT2D eigenvalue weighted by atomic mass is 16.7. The number of para-hydroxylation sites is 1. The molecule has 0 bridgehead atoms. The lowest BCUT2D eigenvalue weighted by Crippen LogP contribution is -2.52. The zero-order valence-corrected chi connectivity index (χ0v) is 15.1. The van der Waals surface area contributed by atoms with Gasteiger partial charge in [-0.05, 0) is 38.8 Å². The first-order chi connectivity index (χ1) is 12.1. The molecule has 1 N–H and O–H groups in total. The molecule has 1 aromatic rings. The summed E-state index contributed by atoms with van der Waals surface area (Å²) in [6.45, 7) is 7.11. The summed E-state index contributed by atoms with van der Waals surface area (Å²) in [5.41, 5.74) is 0. The number of carbonyl (C=O) groups is 1. The molecule has 2 amide bonds. The fourth-order valence-corrected chi connectivity index (χ4v) is 3.47. The molecule has 25 heavy (non-hydrogen) atoms. The molecule has 2 aliphatic heterocycles. The van der Waals surface area contributed by atoms with Crippen LogP contribution in [0.1, 0.15) is 26.7 Å². The maximum absolute atomic E-state index is 12.5. The Kier molecular flexibility index (Phi) is 5.81. The van der Waals surface area contributed by atoms with Crippen LogP contribution in [0.5, 0.6) is 5.75 Å². The number of hydrogen-bond donors (Lipinski definition) is 1. The minimum atomic E-state index is -0.553. The average Bonchev–Trinajstić information content (AvgIpc) is 3.09. The van der Waals surface area contributed by atoms with Crippen LogP contribution in [0.3, 0.4) is 0 Å². The lowest BCUT2D eigenvalue weighted by Gasteiger charge is -2.39.